The molecule has 27 heavy (non-hydrogen) atoms. The Hall–Kier alpha value is -2.10. The molecule has 0 radical (unpaired) electrons. The summed E-state index contributed by atoms with van der Waals surface area (Å²) in [5, 5.41) is 7.73. The van der Waals surface area contributed by atoms with Crippen molar-refractivity contribution in [2.75, 3.05) is 11.9 Å². The van der Waals surface area contributed by atoms with Gasteiger partial charge in [-0.3, -0.25) is 9.48 Å². The third-order valence-corrected chi connectivity index (χ3v) is 5.62. The molecule has 0 spiro atoms. The maximum absolute atomic E-state index is 12.8. The first-order valence-corrected chi connectivity index (χ1v) is 9.15. The molecular formula is C18H25BN4O4. The van der Waals surface area contributed by atoms with Gasteiger partial charge in [0, 0.05) is 24.8 Å². The van der Waals surface area contributed by atoms with Crippen molar-refractivity contribution in [2.24, 2.45) is 7.05 Å². The van der Waals surface area contributed by atoms with Gasteiger partial charge in [0.2, 0.25) is 0 Å². The SMILES string of the molecule is Cn1ccc(B2OC(C)(C)C(C)(C)O2)c(Nc2cc3n(n2)CCOC3)c1=O. The molecule has 0 bridgehead atoms. The van der Waals surface area contributed by atoms with Crippen LogP contribution in [0.15, 0.2) is 23.1 Å². The van der Waals surface area contributed by atoms with Gasteiger partial charge in [-0.05, 0) is 33.8 Å². The fraction of sp³-hybridized carbons (Fsp3) is 0.556. The first-order chi connectivity index (χ1) is 12.7. The van der Waals surface area contributed by atoms with Crippen LogP contribution in [0.3, 0.4) is 0 Å². The lowest BCUT2D eigenvalue weighted by molar-refractivity contribution is 0.00578. The van der Waals surface area contributed by atoms with Crippen LogP contribution in [0, 0.1) is 0 Å². The van der Waals surface area contributed by atoms with Crippen LogP contribution in [0.4, 0.5) is 11.5 Å². The van der Waals surface area contributed by atoms with E-state index in [4.69, 9.17) is 14.0 Å². The molecule has 2 aromatic rings. The van der Waals surface area contributed by atoms with Crippen LogP contribution in [-0.2, 0) is 34.2 Å². The van der Waals surface area contributed by atoms with Crippen LogP contribution in [-0.4, -0.2) is 39.3 Å². The van der Waals surface area contributed by atoms with Gasteiger partial charge in [0.25, 0.3) is 5.56 Å². The monoisotopic (exact) mass is 372 g/mol. The first-order valence-electron chi connectivity index (χ1n) is 9.15. The average molecular weight is 372 g/mol. The number of nitrogens with one attached hydrogen (secondary N) is 1. The lowest BCUT2D eigenvalue weighted by Gasteiger charge is -2.32. The molecule has 0 atom stereocenters. The van der Waals surface area contributed by atoms with Crippen molar-refractivity contribution in [1.82, 2.24) is 14.3 Å². The zero-order valence-corrected chi connectivity index (χ0v) is 16.4. The summed E-state index contributed by atoms with van der Waals surface area (Å²) in [5.74, 6) is 0.608. The Morgan fingerprint density at radius 1 is 1.22 bits per heavy atom. The summed E-state index contributed by atoms with van der Waals surface area (Å²) in [5.41, 5.74) is 0.925. The smallest absolute Gasteiger partial charge is 0.399 e. The summed E-state index contributed by atoms with van der Waals surface area (Å²) in [6, 6.07) is 3.75. The molecule has 0 aromatic carbocycles. The molecule has 144 valence electrons. The summed E-state index contributed by atoms with van der Waals surface area (Å²) >= 11 is 0. The third kappa shape index (κ3) is 3.09. The maximum atomic E-state index is 12.8. The molecule has 4 heterocycles. The number of aryl methyl sites for hydroxylation is 1. The molecule has 8 nitrogen and oxygen atoms in total. The molecule has 1 saturated heterocycles. The van der Waals surface area contributed by atoms with E-state index in [9.17, 15) is 4.79 Å². The Bertz CT molecular complexity index is 894. The minimum Gasteiger partial charge on any atom is -0.399 e. The van der Waals surface area contributed by atoms with E-state index >= 15 is 0 Å². The predicted octanol–water partition coefficient (Wildman–Crippen LogP) is 1.15. The number of nitrogens with zero attached hydrogens (tertiary/aromatic N) is 3. The van der Waals surface area contributed by atoms with Gasteiger partial charge in [-0.2, -0.15) is 5.10 Å². The van der Waals surface area contributed by atoms with Gasteiger partial charge in [-0.25, -0.2) is 0 Å². The minimum atomic E-state index is -0.632. The van der Waals surface area contributed by atoms with Crippen molar-refractivity contribution < 1.29 is 14.0 Å². The second kappa shape index (κ2) is 6.22. The summed E-state index contributed by atoms with van der Waals surface area (Å²) in [7, 11) is 1.08. The lowest BCUT2D eigenvalue weighted by atomic mass is 9.78. The molecule has 2 aliphatic rings. The van der Waals surface area contributed by atoms with Crippen molar-refractivity contribution in [2.45, 2.75) is 52.0 Å². The van der Waals surface area contributed by atoms with Crippen molar-refractivity contribution in [1.29, 1.82) is 0 Å². The van der Waals surface area contributed by atoms with E-state index in [1.165, 1.54) is 4.57 Å². The molecule has 2 aliphatic heterocycles. The molecule has 0 amide bonds. The van der Waals surface area contributed by atoms with Gasteiger partial charge in [-0.1, -0.05) is 0 Å². The lowest BCUT2D eigenvalue weighted by Crippen LogP contribution is -2.41. The highest BCUT2D eigenvalue weighted by atomic mass is 16.7. The number of anilines is 2. The van der Waals surface area contributed by atoms with Crippen molar-refractivity contribution in [3.63, 3.8) is 0 Å². The highest BCUT2D eigenvalue weighted by Gasteiger charge is 2.52. The van der Waals surface area contributed by atoms with Crippen molar-refractivity contribution >= 4 is 24.1 Å². The number of fused-ring (bicyclic) bond motifs is 1. The summed E-state index contributed by atoms with van der Waals surface area (Å²) in [6.45, 7) is 9.82. The number of ether oxygens (including phenoxy) is 1. The maximum Gasteiger partial charge on any atom is 0.497 e. The zero-order valence-electron chi connectivity index (χ0n) is 16.4. The van der Waals surface area contributed by atoms with E-state index in [2.05, 4.69) is 10.4 Å². The highest BCUT2D eigenvalue weighted by Crippen LogP contribution is 2.36. The van der Waals surface area contributed by atoms with E-state index in [0.717, 1.165) is 5.69 Å². The van der Waals surface area contributed by atoms with Gasteiger partial charge in [0.15, 0.2) is 5.82 Å². The molecule has 0 saturated carbocycles. The standard InChI is InChI=1S/C18H25BN4O4/c1-17(2)18(3,4)27-19(26-17)13-6-7-22(5)16(24)15(13)20-14-10-12-11-25-9-8-23(12)21-14/h6-7,10H,8-9,11H2,1-5H3,(H,20,21). The number of hydrogen-bond acceptors (Lipinski definition) is 6. The topological polar surface area (TPSA) is 79.5 Å². The highest BCUT2D eigenvalue weighted by molar-refractivity contribution is 6.64. The van der Waals surface area contributed by atoms with Crippen LogP contribution < -0.4 is 16.3 Å². The minimum absolute atomic E-state index is 0.163. The molecule has 1 fully saturated rings. The molecular weight excluding hydrogens is 347 g/mol. The van der Waals surface area contributed by atoms with Gasteiger partial charge in [0.05, 0.1) is 36.7 Å². The van der Waals surface area contributed by atoms with Gasteiger partial charge < -0.3 is 23.9 Å². The zero-order chi connectivity index (χ0) is 19.4. The summed E-state index contributed by atoms with van der Waals surface area (Å²) in [4.78, 5) is 12.8. The predicted molar refractivity (Wildman–Crippen MR) is 103 cm³/mol. The average Bonchev–Trinajstić information content (AvgIpc) is 3.09. The molecule has 0 unspecified atom stereocenters. The molecule has 1 N–H and O–H groups in total. The van der Waals surface area contributed by atoms with E-state index in [0.29, 0.717) is 36.7 Å². The van der Waals surface area contributed by atoms with Crippen molar-refractivity contribution in [3.05, 3.63) is 34.4 Å². The Morgan fingerprint density at radius 3 is 2.59 bits per heavy atom. The fourth-order valence-electron chi connectivity index (χ4n) is 3.22. The van der Waals surface area contributed by atoms with Gasteiger partial charge in [-0.15, -0.1) is 0 Å². The van der Waals surface area contributed by atoms with Crippen LogP contribution in [0.1, 0.15) is 33.4 Å². The Kier molecular flexibility index (Phi) is 4.21. The molecule has 0 aliphatic carbocycles. The second-order valence-corrected chi connectivity index (χ2v) is 8.07. The second-order valence-electron chi connectivity index (χ2n) is 8.07. The van der Waals surface area contributed by atoms with Crippen LogP contribution >= 0.6 is 0 Å². The number of rotatable bonds is 3. The van der Waals surface area contributed by atoms with E-state index in [1.54, 1.807) is 13.2 Å². The fourth-order valence-corrected chi connectivity index (χ4v) is 3.22. The van der Waals surface area contributed by atoms with Gasteiger partial charge >= 0.3 is 7.12 Å². The molecule has 4 rings (SSSR count). The Morgan fingerprint density at radius 2 is 1.93 bits per heavy atom. The number of aromatic nitrogens is 3. The largest absolute Gasteiger partial charge is 0.497 e. The number of pyridine rings is 1. The quantitative estimate of drug-likeness (QED) is 0.815. The Labute approximate surface area is 158 Å². The summed E-state index contributed by atoms with van der Waals surface area (Å²) < 4.78 is 21.2. The molecule has 2 aromatic heterocycles. The first kappa shape index (κ1) is 18.3. The Balaban J connectivity index is 1.71. The van der Waals surface area contributed by atoms with Crippen molar-refractivity contribution in [3.8, 4) is 0 Å². The van der Waals surface area contributed by atoms with Gasteiger partial charge in [0.1, 0.15) is 5.69 Å². The summed E-state index contributed by atoms with van der Waals surface area (Å²) in [6.07, 6.45) is 1.72. The van der Waals surface area contributed by atoms with E-state index in [1.807, 2.05) is 44.5 Å². The van der Waals surface area contributed by atoms with E-state index in [-0.39, 0.29) is 5.56 Å². The van der Waals surface area contributed by atoms with E-state index < -0.39 is 18.3 Å². The third-order valence-electron chi connectivity index (χ3n) is 5.62. The van der Waals surface area contributed by atoms with Crippen LogP contribution in [0.5, 0.6) is 0 Å². The van der Waals surface area contributed by atoms with Crippen LogP contribution in [0.2, 0.25) is 0 Å². The normalized spacial score (nSPS) is 20.6. The molecule has 9 heteroatoms. The van der Waals surface area contributed by atoms with Crippen LogP contribution in [0.25, 0.3) is 0 Å². The number of hydrogen-bond donors (Lipinski definition) is 1.